The molecule has 3 aromatic rings. The minimum absolute atomic E-state index is 0.0282. The summed E-state index contributed by atoms with van der Waals surface area (Å²) >= 11 is 3.30. The van der Waals surface area contributed by atoms with E-state index in [0.29, 0.717) is 5.75 Å². The highest BCUT2D eigenvalue weighted by Gasteiger charge is 2.15. The molecule has 1 N–H and O–H groups in total. The van der Waals surface area contributed by atoms with Gasteiger partial charge in [0.05, 0.1) is 16.0 Å². The van der Waals surface area contributed by atoms with Gasteiger partial charge in [0.25, 0.3) is 0 Å². The zero-order valence-electron chi connectivity index (χ0n) is 16.6. The Morgan fingerprint density at radius 2 is 1.86 bits per heavy atom. The third kappa shape index (κ3) is 5.29. The average Bonchev–Trinajstić information content (AvgIpc) is 3.17. The van der Waals surface area contributed by atoms with E-state index in [1.54, 1.807) is 23.1 Å². The predicted octanol–water partition coefficient (Wildman–Crippen LogP) is 4.31. The standard InChI is InChI=1S/C22H26N4OS2/c1-2-25-11-13-26(14-12-25)18-9-7-17(8-10-18)23-21(27)15-28-16-22-24-19-5-3-4-6-20(19)29-22/h3-10H,2,11-16H2,1H3,(H,23,27). The van der Waals surface area contributed by atoms with Crippen molar-refractivity contribution < 1.29 is 4.79 Å². The van der Waals surface area contributed by atoms with E-state index in [2.05, 4.69) is 45.2 Å². The molecule has 2 heterocycles. The Balaban J connectivity index is 1.23. The molecule has 0 atom stereocenters. The van der Waals surface area contributed by atoms with E-state index >= 15 is 0 Å². The molecule has 7 heteroatoms. The molecule has 0 bridgehead atoms. The first-order valence-electron chi connectivity index (χ1n) is 10.0. The van der Waals surface area contributed by atoms with E-state index in [9.17, 15) is 4.79 Å². The molecule has 0 spiro atoms. The number of fused-ring (bicyclic) bond motifs is 1. The third-order valence-corrected chi connectivity index (χ3v) is 7.30. The van der Waals surface area contributed by atoms with Crippen LogP contribution in [0.15, 0.2) is 48.5 Å². The lowest BCUT2D eigenvalue weighted by molar-refractivity contribution is -0.113. The van der Waals surface area contributed by atoms with Crippen molar-refractivity contribution in [3.63, 3.8) is 0 Å². The van der Waals surface area contributed by atoms with Gasteiger partial charge in [0, 0.05) is 43.3 Å². The highest BCUT2D eigenvalue weighted by atomic mass is 32.2. The van der Waals surface area contributed by atoms with Crippen molar-refractivity contribution in [3.8, 4) is 0 Å². The summed E-state index contributed by atoms with van der Waals surface area (Å²) in [4.78, 5) is 21.8. The van der Waals surface area contributed by atoms with Gasteiger partial charge >= 0.3 is 0 Å². The van der Waals surface area contributed by atoms with Gasteiger partial charge in [-0.1, -0.05) is 19.1 Å². The first-order chi connectivity index (χ1) is 14.2. The van der Waals surface area contributed by atoms with Crippen LogP contribution in [0.4, 0.5) is 11.4 Å². The molecule has 2 aromatic carbocycles. The molecule has 1 aromatic heterocycles. The number of nitrogens with one attached hydrogen (secondary N) is 1. The number of amides is 1. The van der Waals surface area contributed by atoms with E-state index in [1.807, 2.05) is 30.3 Å². The number of carbonyl (C=O) groups is 1. The Morgan fingerprint density at radius 3 is 2.59 bits per heavy atom. The number of para-hydroxylation sites is 1. The fraction of sp³-hybridized carbons (Fsp3) is 0.364. The van der Waals surface area contributed by atoms with Crippen molar-refractivity contribution in [2.24, 2.45) is 0 Å². The molecular formula is C22H26N4OS2. The maximum Gasteiger partial charge on any atom is 0.234 e. The SMILES string of the molecule is CCN1CCN(c2ccc(NC(=O)CSCc3nc4ccccc4s3)cc2)CC1. The number of hydrogen-bond acceptors (Lipinski definition) is 6. The minimum Gasteiger partial charge on any atom is -0.369 e. The summed E-state index contributed by atoms with van der Waals surface area (Å²) in [5.41, 5.74) is 3.12. The van der Waals surface area contributed by atoms with Gasteiger partial charge in [-0.25, -0.2) is 4.98 Å². The molecule has 4 rings (SSSR count). The van der Waals surface area contributed by atoms with Gasteiger partial charge in [0.2, 0.25) is 5.91 Å². The number of anilines is 2. The van der Waals surface area contributed by atoms with E-state index in [0.717, 1.165) is 54.7 Å². The fourth-order valence-corrected chi connectivity index (χ4v) is 5.33. The zero-order chi connectivity index (χ0) is 20.1. The third-order valence-electron chi connectivity index (χ3n) is 5.13. The molecule has 0 aliphatic carbocycles. The molecule has 0 radical (unpaired) electrons. The summed E-state index contributed by atoms with van der Waals surface area (Å²) in [6.45, 7) is 7.67. The van der Waals surface area contributed by atoms with Crippen LogP contribution in [0.2, 0.25) is 0 Å². The van der Waals surface area contributed by atoms with E-state index in [4.69, 9.17) is 0 Å². The molecular weight excluding hydrogens is 400 g/mol. The lowest BCUT2D eigenvalue weighted by atomic mass is 10.2. The number of nitrogens with zero attached hydrogens (tertiary/aromatic N) is 3. The van der Waals surface area contributed by atoms with Crippen LogP contribution in [0.3, 0.4) is 0 Å². The monoisotopic (exact) mass is 426 g/mol. The van der Waals surface area contributed by atoms with Crippen LogP contribution in [-0.4, -0.2) is 54.3 Å². The molecule has 0 unspecified atom stereocenters. The number of carbonyl (C=O) groups excluding carboxylic acids is 1. The number of benzene rings is 2. The topological polar surface area (TPSA) is 48.5 Å². The average molecular weight is 427 g/mol. The Hall–Kier alpha value is -2.09. The van der Waals surface area contributed by atoms with Gasteiger partial charge in [-0.15, -0.1) is 23.1 Å². The van der Waals surface area contributed by atoms with Crippen molar-refractivity contribution in [1.29, 1.82) is 0 Å². The van der Waals surface area contributed by atoms with E-state index in [1.165, 1.54) is 10.4 Å². The first kappa shape index (κ1) is 20.2. The maximum absolute atomic E-state index is 12.3. The highest BCUT2D eigenvalue weighted by molar-refractivity contribution is 7.99. The summed E-state index contributed by atoms with van der Waals surface area (Å²) in [6, 6.07) is 16.3. The molecule has 1 fully saturated rings. The lowest BCUT2D eigenvalue weighted by Gasteiger charge is -2.35. The lowest BCUT2D eigenvalue weighted by Crippen LogP contribution is -2.46. The van der Waals surface area contributed by atoms with Gasteiger partial charge in [-0.05, 0) is 42.9 Å². The zero-order valence-corrected chi connectivity index (χ0v) is 18.3. The largest absolute Gasteiger partial charge is 0.369 e. The Morgan fingerprint density at radius 1 is 1.10 bits per heavy atom. The molecule has 1 aliphatic heterocycles. The van der Waals surface area contributed by atoms with E-state index < -0.39 is 0 Å². The molecule has 5 nitrogen and oxygen atoms in total. The Bertz CT molecular complexity index is 916. The second-order valence-corrected chi connectivity index (χ2v) is 9.19. The molecule has 1 saturated heterocycles. The second kappa shape index (κ2) is 9.61. The van der Waals surface area contributed by atoms with Crippen LogP contribution >= 0.6 is 23.1 Å². The van der Waals surface area contributed by atoms with Gasteiger partial charge < -0.3 is 15.1 Å². The second-order valence-electron chi connectivity index (χ2n) is 7.08. The van der Waals surface area contributed by atoms with Crippen molar-refractivity contribution in [1.82, 2.24) is 9.88 Å². The fourth-order valence-electron chi connectivity index (χ4n) is 3.49. The van der Waals surface area contributed by atoms with Gasteiger partial charge in [-0.2, -0.15) is 0 Å². The van der Waals surface area contributed by atoms with Gasteiger partial charge in [0.1, 0.15) is 5.01 Å². The van der Waals surface area contributed by atoms with Crippen LogP contribution in [0.5, 0.6) is 0 Å². The van der Waals surface area contributed by atoms with Crippen LogP contribution in [0.25, 0.3) is 10.2 Å². The van der Waals surface area contributed by atoms with Crippen LogP contribution in [-0.2, 0) is 10.5 Å². The highest BCUT2D eigenvalue weighted by Crippen LogP contribution is 2.25. The number of thioether (sulfide) groups is 1. The maximum atomic E-state index is 12.3. The van der Waals surface area contributed by atoms with Crippen molar-refractivity contribution in [2.45, 2.75) is 12.7 Å². The molecule has 1 amide bonds. The number of likely N-dealkylation sites (N-methyl/N-ethyl adjacent to an activating group) is 1. The molecule has 0 saturated carbocycles. The predicted molar refractivity (Wildman–Crippen MR) is 125 cm³/mol. The number of thiazole rings is 1. The first-order valence-corrected chi connectivity index (χ1v) is 12.0. The summed E-state index contributed by atoms with van der Waals surface area (Å²) < 4.78 is 1.20. The molecule has 29 heavy (non-hydrogen) atoms. The minimum atomic E-state index is 0.0282. The quantitative estimate of drug-likeness (QED) is 0.610. The summed E-state index contributed by atoms with van der Waals surface area (Å²) in [5, 5.41) is 4.06. The Labute approximate surface area is 180 Å². The van der Waals surface area contributed by atoms with Crippen molar-refractivity contribution >= 4 is 50.6 Å². The number of hydrogen-bond donors (Lipinski definition) is 1. The smallest absolute Gasteiger partial charge is 0.234 e. The summed E-state index contributed by atoms with van der Waals surface area (Å²) in [7, 11) is 0. The summed E-state index contributed by atoms with van der Waals surface area (Å²) in [5.74, 6) is 1.21. The number of rotatable bonds is 7. The molecule has 1 aliphatic rings. The number of aromatic nitrogens is 1. The Kier molecular flexibility index (Phi) is 6.69. The van der Waals surface area contributed by atoms with Gasteiger partial charge in [-0.3, -0.25) is 4.79 Å². The summed E-state index contributed by atoms with van der Waals surface area (Å²) in [6.07, 6.45) is 0. The van der Waals surface area contributed by atoms with E-state index in [-0.39, 0.29) is 5.91 Å². The van der Waals surface area contributed by atoms with Crippen LogP contribution < -0.4 is 10.2 Å². The van der Waals surface area contributed by atoms with Gasteiger partial charge in [0.15, 0.2) is 0 Å². The normalized spacial score (nSPS) is 15.0. The molecule has 152 valence electrons. The van der Waals surface area contributed by atoms with Crippen molar-refractivity contribution in [2.75, 3.05) is 48.7 Å². The number of piperazine rings is 1. The van der Waals surface area contributed by atoms with Crippen LogP contribution in [0, 0.1) is 0 Å². The van der Waals surface area contributed by atoms with Crippen molar-refractivity contribution in [3.05, 3.63) is 53.5 Å². The van der Waals surface area contributed by atoms with Crippen LogP contribution in [0.1, 0.15) is 11.9 Å².